The molecule has 22 heavy (non-hydrogen) atoms. The van der Waals surface area contributed by atoms with Gasteiger partial charge in [0.1, 0.15) is 12.4 Å². The summed E-state index contributed by atoms with van der Waals surface area (Å²) < 4.78 is 5.66. The van der Waals surface area contributed by atoms with Gasteiger partial charge in [-0.1, -0.05) is 35.9 Å². The van der Waals surface area contributed by atoms with E-state index in [1.807, 2.05) is 67.4 Å². The fourth-order valence-electron chi connectivity index (χ4n) is 1.81. The maximum atomic E-state index is 6.11. The molecule has 0 atom stereocenters. The highest BCUT2D eigenvalue weighted by molar-refractivity contribution is 7.80. The van der Waals surface area contributed by atoms with Crippen LogP contribution in [-0.4, -0.2) is 30.2 Å². The van der Waals surface area contributed by atoms with E-state index >= 15 is 0 Å². The van der Waals surface area contributed by atoms with E-state index in [4.69, 9.17) is 28.6 Å². The number of aryl methyl sites for hydroxylation is 1. The topological polar surface area (TPSA) is 24.5 Å². The number of nitrogens with zero attached hydrogens (tertiary/aromatic N) is 1. The second kappa shape index (κ2) is 8.01. The number of thiocarbonyl (C=S) groups is 1. The smallest absolute Gasteiger partial charge is 0.173 e. The summed E-state index contributed by atoms with van der Waals surface area (Å²) in [6.07, 6.45) is 0. The predicted octanol–water partition coefficient (Wildman–Crippen LogP) is 4.36. The average Bonchev–Trinajstić information content (AvgIpc) is 2.52. The van der Waals surface area contributed by atoms with Gasteiger partial charge in [-0.15, -0.1) is 0 Å². The van der Waals surface area contributed by atoms with Crippen LogP contribution < -0.4 is 10.1 Å². The van der Waals surface area contributed by atoms with Gasteiger partial charge in [0.05, 0.1) is 6.54 Å². The van der Waals surface area contributed by atoms with E-state index in [9.17, 15) is 0 Å². The third-order valence-electron chi connectivity index (χ3n) is 3.21. The predicted molar refractivity (Wildman–Crippen MR) is 97.0 cm³/mol. The Morgan fingerprint density at radius 2 is 1.95 bits per heavy atom. The van der Waals surface area contributed by atoms with E-state index in [1.54, 1.807) is 0 Å². The van der Waals surface area contributed by atoms with Crippen LogP contribution in [0.25, 0.3) is 0 Å². The second-order valence-corrected chi connectivity index (χ2v) is 5.77. The van der Waals surface area contributed by atoms with Crippen molar-refractivity contribution in [3.05, 3.63) is 59.1 Å². The number of nitrogens with one attached hydrogen (secondary N) is 1. The number of rotatable bonds is 5. The number of benzene rings is 2. The molecule has 0 unspecified atom stereocenters. The van der Waals surface area contributed by atoms with Crippen molar-refractivity contribution >= 4 is 34.6 Å². The molecule has 3 nitrogen and oxygen atoms in total. The minimum absolute atomic E-state index is 0.566. The molecule has 0 bridgehead atoms. The monoisotopic (exact) mass is 334 g/mol. The van der Waals surface area contributed by atoms with Crippen LogP contribution in [0.3, 0.4) is 0 Å². The van der Waals surface area contributed by atoms with Crippen LogP contribution in [0.4, 0.5) is 5.69 Å². The summed E-state index contributed by atoms with van der Waals surface area (Å²) in [7, 11) is 1.93. The molecule has 2 aromatic carbocycles. The molecule has 0 saturated heterocycles. The zero-order valence-corrected chi connectivity index (χ0v) is 14.2. The largest absolute Gasteiger partial charge is 0.492 e. The third kappa shape index (κ3) is 4.90. The number of hydrogen-bond donors (Lipinski definition) is 1. The van der Waals surface area contributed by atoms with Gasteiger partial charge in [0.2, 0.25) is 0 Å². The summed E-state index contributed by atoms with van der Waals surface area (Å²) in [6, 6.07) is 15.5. The second-order valence-electron chi connectivity index (χ2n) is 4.98. The first-order valence-electron chi connectivity index (χ1n) is 7.02. The van der Waals surface area contributed by atoms with Gasteiger partial charge in [0, 0.05) is 17.8 Å². The maximum absolute atomic E-state index is 6.11. The molecule has 2 rings (SSSR count). The van der Waals surface area contributed by atoms with E-state index < -0.39 is 0 Å². The first kappa shape index (κ1) is 16.6. The Bertz CT molecular complexity index is 634. The highest BCUT2D eigenvalue weighted by atomic mass is 35.5. The van der Waals surface area contributed by atoms with Crippen molar-refractivity contribution in [2.45, 2.75) is 6.92 Å². The summed E-state index contributed by atoms with van der Waals surface area (Å²) >= 11 is 11.5. The standard InChI is InChI=1S/C17H19ClN2OS/c1-13-8-9-14(12-16(13)18)19-17(22)20(2)10-11-21-15-6-4-3-5-7-15/h3-9,12H,10-11H2,1-2H3,(H,19,22). The Morgan fingerprint density at radius 1 is 1.23 bits per heavy atom. The maximum Gasteiger partial charge on any atom is 0.173 e. The minimum Gasteiger partial charge on any atom is -0.492 e. The van der Waals surface area contributed by atoms with Crippen LogP contribution in [0.15, 0.2) is 48.5 Å². The van der Waals surface area contributed by atoms with Crippen molar-refractivity contribution in [1.29, 1.82) is 0 Å². The molecule has 0 fully saturated rings. The van der Waals surface area contributed by atoms with Gasteiger partial charge in [-0.2, -0.15) is 0 Å². The van der Waals surface area contributed by atoms with Gasteiger partial charge in [-0.25, -0.2) is 0 Å². The molecule has 2 aromatic rings. The average molecular weight is 335 g/mol. The summed E-state index contributed by atoms with van der Waals surface area (Å²) in [5, 5.41) is 4.54. The van der Waals surface area contributed by atoms with Crippen LogP contribution in [0.1, 0.15) is 5.56 Å². The molecule has 5 heteroatoms. The third-order valence-corrected chi connectivity index (χ3v) is 4.03. The number of ether oxygens (including phenoxy) is 1. The van der Waals surface area contributed by atoms with Gasteiger partial charge < -0.3 is 15.0 Å². The summed E-state index contributed by atoms with van der Waals surface area (Å²) in [5.41, 5.74) is 1.93. The number of hydrogen-bond acceptors (Lipinski definition) is 2. The molecule has 0 spiro atoms. The Kier molecular flexibility index (Phi) is 6.04. The van der Waals surface area contributed by atoms with Gasteiger partial charge in [0.25, 0.3) is 0 Å². The number of likely N-dealkylation sites (N-methyl/N-ethyl adjacent to an activating group) is 1. The fraction of sp³-hybridized carbons (Fsp3) is 0.235. The van der Waals surface area contributed by atoms with Crippen molar-refractivity contribution in [2.24, 2.45) is 0 Å². The molecule has 0 radical (unpaired) electrons. The lowest BCUT2D eigenvalue weighted by Crippen LogP contribution is -2.34. The van der Waals surface area contributed by atoms with Crippen molar-refractivity contribution in [3.8, 4) is 5.75 Å². The lowest BCUT2D eigenvalue weighted by Gasteiger charge is -2.21. The first-order valence-corrected chi connectivity index (χ1v) is 7.81. The Labute approximate surface area is 141 Å². The Morgan fingerprint density at radius 3 is 2.64 bits per heavy atom. The fourth-order valence-corrected chi connectivity index (χ4v) is 2.20. The van der Waals surface area contributed by atoms with Gasteiger partial charge >= 0.3 is 0 Å². The highest BCUT2D eigenvalue weighted by Crippen LogP contribution is 2.20. The molecule has 0 aromatic heterocycles. The number of anilines is 1. The normalized spacial score (nSPS) is 10.1. The van der Waals surface area contributed by atoms with Gasteiger partial charge in [0.15, 0.2) is 5.11 Å². The zero-order chi connectivity index (χ0) is 15.9. The summed E-state index contributed by atoms with van der Waals surface area (Å²) in [4.78, 5) is 1.94. The molecule has 0 aliphatic heterocycles. The zero-order valence-electron chi connectivity index (χ0n) is 12.7. The van der Waals surface area contributed by atoms with Crippen LogP contribution in [0.5, 0.6) is 5.75 Å². The van der Waals surface area contributed by atoms with E-state index in [0.717, 1.165) is 22.0 Å². The molecule has 0 heterocycles. The van der Waals surface area contributed by atoms with E-state index in [0.29, 0.717) is 18.3 Å². The summed E-state index contributed by atoms with van der Waals surface area (Å²) in [6.45, 7) is 3.23. The van der Waals surface area contributed by atoms with Crippen LogP contribution >= 0.6 is 23.8 Å². The quantitative estimate of drug-likeness (QED) is 0.821. The molecule has 1 N–H and O–H groups in total. The lowest BCUT2D eigenvalue weighted by atomic mass is 10.2. The molecule has 0 aliphatic carbocycles. The van der Waals surface area contributed by atoms with E-state index in [-0.39, 0.29) is 0 Å². The van der Waals surface area contributed by atoms with Crippen molar-refractivity contribution in [3.63, 3.8) is 0 Å². The number of halogens is 1. The number of para-hydroxylation sites is 1. The SMILES string of the molecule is Cc1ccc(NC(=S)N(C)CCOc2ccccc2)cc1Cl. The Balaban J connectivity index is 1.80. The molecular formula is C17H19ClN2OS. The van der Waals surface area contributed by atoms with E-state index in [1.165, 1.54) is 0 Å². The first-order chi connectivity index (χ1) is 10.6. The van der Waals surface area contributed by atoms with Crippen molar-refractivity contribution in [1.82, 2.24) is 4.90 Å². The molecule has 0 amide bonds. The molecule has 0 aliphatic rings. The molecule has 0 saturated carbocycles. The van der Waals surface area contributed by atoms with Crippen LogP contribution in [0, 0.1) is 6.92 Å². The van der Waals surface area contributed by atoms with Crippen LogP contribution in [0.2, 0.25) is 5.02 Å². The minimum atomic E-state index is 0.566. The van der Waals surface area contributed by atoms with Gasteiger partial charge in [-0.3, -0.25) is 0 Å². The van der Waals surface area contributed by atoms with Crippen LogP contribution in [-0.2, 0) is 0 Å². The highest BCUT2D eigenvalue weighted by Gasteiger charge is 2.06. The molecule has 116 valence electrons. The van der Waals surface area contributed by atoms with Crippen molar-refractivity contribution < 1.29 is 4.74 Å². The lowest BCUT2D eigenvalue weighted by molar-refractivity contribution is 0.285. The Hall–Kier alpha value is -1.78. The van der Waals surface area contributed by atoms with E-state index in [2.05, 4.69) is 5.32 Å². The van der Waals surface area contributed by atoms with Crippen molar-refractivity contribution in [2.75, 3.05) is 25.5 Å². The van der Waals surface area contributed by atoms with Gasteiger partial charge in [-0.05, 0) is 49.0 Å². The summed E-state index contributed by atoms with van der Waals surface area (Å²) in [5.74, 6) is 0.861. The molecular weight excluding hydrogens is 316 g/mol.